The van der Waals surface area contributed by atoms with Gasteiger partial charge in [0.25, 0.3) is 0 Å². The summed E-state index contributed by atoms with van der Waals surface area (Å²) >= 11 is 0. The maximum Gasteiger partial charge on any atom is 0.228 e. The molecular formula is C23H27N3O2. The number of anilines is 1. The lowest BCUT2D eigenvalue weighted by atomic mass is 10.2. The number of rotatable bonds is 5. The quantitative estimate of drug-likeness (QED) is 0.872. The van der Waals surface area contributed by atoms with Gasteiger partial charge >= 0.3 is 0 Å². The van der Waals surface area contributed by atoms with Gasteiger partial charge in [-0.2, -0.15) is 0 Å². The van der Waals surface area contributed by atoms with E-state index < -0.39 is 0 Å². The summed E-state index contributed by atoms with van der Waals surface area (Å²) in [5.41, 5.74) is 3.25. The highest BCUT2D eigenvalue weighted by molar-refractivity contribution is 5.99. The fourth-order valence-electron chi connectivity index (χ4n) is 3.83. The fraction of sp³-hybridized carbons (Fsp3) is 0.391. The largest absolute Gasteiger partial charge is 0.340 e. The molecule has 146 valence electrons. The number of nitrogens with one attached hydrogen (secondary N) is 1. The van der Waals surface area contributed by atoms with Crippen LogP contribution in [0.15, 0.2) is 54.6 Å². The van der Waals surface area contributed by atoms with E-state index in [0.717, 1.165) is 44.0 Å². The summed E-state index contributed by atoms with van der Waals surface area (Å²) in [4.78, 5) is 29.5. The molecule has 2 aliphatic rings. The van der Waals surface area contributed by atoms with E-state index in [1.54, 1.807) is 0 Å². The van der Waals surface area contributed by atoms with E-state index >= 15 is 0 Å². The van der Waals surface area contributed by atoms with Gasteiger partial charge in [-0.05, 0) is 31.0 Å². The first-order valence-electron chi connectivity index (χ1n) is 10.0. The van der Waals surface area contributed by atoms with Gasteiger partial charge in [0, 0.05) is 38.4 Å². The third-order valence-corrected chi connectivity index (χ3v) is 5.70. The summed E-state index contributed by atoms with van der Waals surface area (Å²) in [5, 5.41) is 2.94. The molecule has 1 aliphatic heterocycles. The number of aryl methyl sites for hydroxylation is 1. The number of carbonyl (C=O) groups excluding carboxylic acids is 2. The zero-order chi connectivity index (χ0) is 19.5. The Morgan fingerprint density at radius 1 is 0.929 bits per heavy atom. The zero-order valence-corrected chi connectivity index (χ0v) is 16.3. The molecule has 0 aromatic heterocycles. The minimum absolute atomic E-state index is 0.0371. The molecular weight excluding hydrogens is 350 g/mol. The molecule has 1 heterocycles. The molecule has 1 saturated carbocycles. The van der Waals surface area contributed by atoms with E-state index in [4.69, 9.17) is 0 Å². The highest BCUT2D eigenvalue weighted by Crippen LogP contribution is 2.41. The molecule has 1 saturated heterocycles. The summed E-state index contributed by atoms with van der Waals surface area (Å²) < 4.78 is 0. The molecule has 1 N–H and O–H groups in total. The number of hydrogen-bond acceptors (Lipinski definition) is 3. The predicted molar refractivity (Wildman–Crippen MR) is 110 cm³/mol. The standard InChI is InChI=1S/C23H27N3O2/c1-17-7-9-19(10-8-17)24-22(27)20-15-21(20)23(28)26-13-11-25(12-14-26)16-18-5-3-2-4-6-18/h2-10,20-21H,11-16H2,1H3,(H,24,27). The molecule has 2 aromatic carbocycles. The minimum atomic E-state index is -0.184. The number of benzene rings is 2. The van der Waals surface area contributed by atoms with Crippen LogP contribution in [-0.2, 0) is 16.1 Å². The molecule has 5 nitrogen and oxygen atoms in total. The van der Waals surface area contributed by atoms with Crippen LogP contribution in [0.5, 0.6) is 0 Å². The van der Waals surface area contributed by atoms with Crippen molar-refractivity contribution < 1.29 is 9.59 Å². The number of carbonyl (C=O) groups is 2. The molecule has 5 heteroatoms. The average molecular weight is 377 g/mol. The van der Waals surface area contributed by atoms with Crippen molar-refractivity contribution in [3.63, 3.8) is 0 Å². The van der Waals surface area contributed by atoms with Crippen molar-refractivity contribution in [3.05, 3.63) is 65.7 Å². The molecule has 0 radical (unpaired) electrons. The second kappa shape index (κ2) is 8.15. The number of piperazine rings is 1. The Hall–Kier alpha value is -2.66. The summed E-state index contributed by atoms with van der Waals surface area (Å²) in [6.07, 6.45) is 0.667. The molecule has 0 bridgehead atoms. The number of amides is 2. The Morgan fingerprint density at radius 2 is 1.61 bits per heavy atom. The van der Waals surface area contributed by atoms with Gasteiger partial charge in [-0.3, -0.25) is 14.5 Å². The Labute approximate surface area is 166 Å². The van der Waals surface area contributed by atoms with E-state index in [-0.39, 0.29) is 23.7 Å². The Kier molecular flexibility index (Phi) is 5.44. The Bertz CT molecular complexity index is 827. The summed E-state index contributed by atoms with van der Waals surface area (Å²) in [6, 6.07) is 18.2. The zero-order valence-electron chi connectivity index (χ0n) is 16.3. The van der Waals surface area contributed by atoms with Gasteiger partial charge in [0.05, 0.1) is 11.8 Å². The molecule has 1 aliphatic carbocycles. The normalized spacial score (nSPS) is 22.0. The minimum Gasteiger partial charge on any atom is -0.340 e. The van der Waals surface area contributed by atoms with Crippen molar-refractivity contribution in [2.75, 3.05) is 31.5 Å². The van der Waals surface area contributed by atoms with Crippen molar-refractivity contribution in [2.45, 2.75) is 19.9 Å². The average Bonchev–Trinajstić information content (AvgIpc) is 3.52. The topological polar surface area (TPSA) is 52.7 Å². The molecule has 4 rings (SSSR count). The lowest BCUT2D eigenvalue weighted by Crippen LogP contribution is -2.49. The maximum atomic E-state index is 12.8. The molecule has 2 atom stereocenters. The monoisotopic (exact) mass is 377 g/mol. The second-order valence-electron chi connectivity index (χ2n) is 7.89. The van der Waals surface area contributed by atoms with Crippen LogP contribution in [0.3, 0.4) is 0 Å². The van der Waals surface area contributed by atoms with Gasteiger partial charge in [-0.15, -0.1) is 0 Å². The van der Waals surface area contributed by atoms with Crippen LogP contribution in [0, 0.1) is 18.8 Å². The van der Waals surface area contributed by atoms with Gasteiger partial charge in [0.1, 0.15) is 0 Å². The third-order valence-electron chi connectivity index (χ3n) is 5.70. The predicted octanol–water partition coefficient (Wildman–Crippen LogP) is 2.91. The van der Waals surface area contributed by atoms with Crippen molar-refractivity contribution in [1.82, 2.24) is 9.80 Å². The van der Waals surface area contributed by atoms with Gasteiger partial charge in [0.15, 0.2) is 0 Å². The van der Waals surface area contributed by atoms with Crippen LogP contribution in [0.2, 0.25) is 0 Å². The van der Waals surface area contributed by atoms with Crippen molar-refractivity contribution in [3.8, 4) is 0 Å². The molecule has 2 fully saturated rings. The Morgan fingerprint density at radius 3 is 2.29 bits per heavy atom. The van der Waals surface area contributed by atoms with Crippen molar-refractivity contribution in [1.29, 1.82) is 0 Å². The highest BCUT2D eigenvalue weighted by Gasteiger charge is 2.49. The molecule has 2 amide bonds. The Balaban J connectivity index is 1.24. The summed E-state index contributed by atoms with van der Waals surface area (Å²) in [7, 11) is 0. The van der Waals surface area contributed by atoms with Crippen LogP contribution in [0.1, 0.15) is 17.5 Å². The van der Waals surface area contributed by atoms with Crippen LogP contribution >= 0.6 is 0 Å². The van der Waals surface area contributed by atoms with E-state index in [0.29, 0.717) is 6.42 Å². The van der Waals surface area contributed by atoms with E-state index in [9.17, 15) is 9.59 Å². The molecule has 2 aromatic rings. The lowest BCUT2D eigenvalue weighted by Gasteiger charge is -2.35. The number of hydrogen-bond donors (Lipinski definition) is 1. The lowest BCUT2D eigenvalue weighted by molar-refractivity contribution is -0.135. The first kappa shape index (κ1) is 18.7. The molecule has 28 heavy (non-hydrogen) atoms. The van der Waals surface area contributed by atoms with Crippen molar-refractivity contribution >= 4 is 17.5 Å². The smallest absolute Gasteiger partial charge is 0.228 e. The SMILES string of the molecule is Cc1ccc(NC(=O)C2CC2C(=O)N2CCN(Cc3ccccc3)CC2)cc1. The molecule has 0 spiro atoms. The summed E-state index contributed by atoms with van der Waals surface area (Å²) in [5.74, 6) is -0.226. The number of nitrogens with zero attached hydrogens (tertiary/aromatic N) is 2. The maximum absolute atomic E-state index is 12.8. The first-order valence-corrected chi connectivity index (χ1v) is 10.0. The second-order valence-corrected chi connectivity index (χ2v) is 7.89. The van der Waals surface area contributed by atoms with Crippen LogP contribution in [0.25, 0.3) is 0 Å². The highest BCUT2D eigenvalue weighted by atomic mass is 16.2. The fourth-order valence-corrected chi connectivity index (χ4v) is 3.83. The third kappa shape index (κ3) is 4.42. The van der Waals surface area contributed by atoms with Crippen molar-refractivity contribution in [2.24, 2.45) is 11.8 Å². The summed E-state index contributed by atoms with van der Waals surface area (Å²) in [6.45, 7) is 6.19. The van der Waals surface area contributed by atoms with Crippen LogP contribution in [0.4, 0.5) is 5.69 Å². The van der Waals surface area contributed by atoms with Crippen LogP contribution in [-0.4, -0.2) is 47.8 Å². The van der Waals surface area contributed by atoms with Gasteiger partial charge in [-0.25, -0.2) is 0 Å². The van der Waals surface area contributed by atoms with E-state index in [1.807, 2.05) is 42.2 Å². The van der Waals surface area contributed by atoms with Gasteiger partial charge in [-0.1, -0.05) is 48.0 Å². The first-order chi connectivity index (χ1) is 13.6. The van der Waals surface area contributed by atoms with Gasteiger partial charge < -0.3 is 10.2 Å². The van der Waals surface area contributed by atoms with Gasteiger partial charge in [0.2, 0.25) is 11.8 Å². The van der Waals surface area contributed by atoms with E-state index in [2.05, 4.69) is 34.5 Å². The van der Waals surface area contributed by atoms with Crippen LogP contribution < -0.4 is 5.32 Å². The molecule has 2 unspecified atom stereocenters. The van der Waals surface area contributed by atoms with E-state index in [1.165, 1.54) is 5.56 Å².